The van der Waals surface area contributed by atoms with Gasteiger partial charge in [0.05, 0.1) is 17.6 Å². The van der Waals surface area contributed by atoms with E-state index in [-0.39, 0.29) is 17.2 Å². The van der Waals surface area contributed by atoms with Gasteiger partial charge in [-0.25, -0.2) is 4.98 Å². The molecule has 0 spiro atoms. The molecule has 0 atom stereocenters. The average Bonchev–Trinajstić information content (AvgIpc) is 3.15. The highest BCUT2D eigenvalue weighted by atomic mass is 32.1. The van der Waals surface area contributed by atoms with Crippen LogP contribution in [0, 0.1) is 0 Å². The highest BCUT2D eigenvalue weighted by Crippen LogP contribution is 2.43. The van der Waals surface area contributed by atoms with E-state index in [1.54, 1.807) is 13.0 Å². The number of alkyl halides is 3. The third-order valence-corrected chi connectivity index (χ3v) is 4.93. The van der Waals surface area contributed by atoms with Crippen molar-refractivity contribution in [1.29, 1.82) is 0 Å². The summed E-state index contributed by atoms with van der Waals surface area (Å²) in [5.41, 5.74) is 0.0312. The number of thiazole rings is 1. The van der Waals surface area contributed by atoms with Crippen LogP contribution in [-0.4, -0.2) is 23.0 Å². The van der Waals surface area contributed by atoms with Crippen molar-refractivity contribution >= 4 is 22.4 Å². The number of carbonyl (C=O) groups is 1. The summed E-state index contributed by atoms with van der Waals surface area (Å²) in [5.74, 6) is -0.0748. The number of nitrogens with zero attached hydrogens (tertiary/aromatic N) is 2. The van der Waals surface area contributed by atoms with Crippen LogP contribution >= 0.6 is 11.3 Å². The fraction of sp³-hybridized carbons (Fsp3) is 0.211. The molecular weight excluding hydrogens is 391 g/mol. The Morgan fingerprint density at radius 3 is 2.64 bits per heavy atom. The number of hydrogen-bond acceptors (Lipinski definition) is 5. The van der Waals surface area contributed by atoms with E-state index in [1.807, 2.05) is 0 Å². The van der Waals surface area contributed by atoms with Crippen LogP contribution in [0.25, 0.3) is 21.6 Å². The van der Waals surface area contributed by atoms with Gasteiger partial charge in [-0.2, -0.15) is 13.2 Å². The van der Waals surface area contributed by atoms with Gasteiger partial charge >= 0.3 is 6.18 Å². The maximum Gasteiger partial charge on any atom is 0.417 e. The van der Waals surface area contributed by atoms with Crippen LogP contribution in [0.2, 0.25) is 0 Å². The van der Waals surface area contributed by atoms with Gasteiger partial charge in [0.2, 0.25) is 5.91 Å². The first kappa shape index (κ1) is 19.8. The minimum atomic E-state index is -4.56. The molecule has 0 bridgehead atoms. The number of amides is 1. The average molecular weight is 407 g/mol. The van der Waals surface area contributed by atoms with E-state index in [9.17, 15) is 18.0 Å². The molecule has 0 fully saturated rings. The lowest BCUT2D eigenvalue weighted by atomic mass is 9.96. The lowest BCUT2D eigenvalue weighted by molar-refractivity contribution is -0.137. The smallest absolute Gasteiger partial charge is 0.417 e. The van der Waals surface area contributed by atoms with Gasteiger partial charge in [0, 0.05) is 36.1 Å². The Morgan fingerprint density at radius 2 is 1.96 bits per heavy atom. The third-order valence-electron chi connectivity index (χ3n) is 3.98. The SMILES string of the molecule is CCC(=O)Nc1ncc(-c2ccncc2-c2ccc(OC)cc2C(F)(F)F)s1. The molecule has 146 valence electrons. The number of carbonyl (C=O) groups excluding carboxylic acids is 1. The van der Waals surface area contributed by atoms with Crippen LogP contribution in [0.15, 0.2) is 42.9 Å². The molecule has 2 aromatic heterocycles. The topological polar surface area (TPSA) is 64.1 Å². The fourth-order valence-electron chi connectivity index (χ4n) is 2.61. The van der Waals surface area contributed by atoms with E-state index in [1.165, 1.54) is 49.2 Å². The molecule has 5 nitrogen and oxygen atoms in total. The number of methoxy groups -OCH3 is 1. The first-order valence-electron chi connectivity index (χ1n) is 8.29. The number of ether oxygens (including phenoxy) is 1. The first-order chi connectivity index (χ1) is 13.3. The Balaban J connectivity index is 2.10. The number of rotatable bonds is 5. The van der Waals surface area contributed by atoms with Crippen molar-refractivity contribution in [2.45, 2.75) is 19.5 Å². The van der Waals surface area contributed by atoms with Gasteiger partial charge in [-0.3, -0.25) is 9.78 Å². The molecular formula is C19H16F3N3O2S. The number of hydrogen-bond donors (Lipinski definition) is 1. The summed E-state index contributed by atoms with van der Waals surface area (Å²) < 4.78 is 45.9. The zero-order valence-corrected chi connectivity index (χ0v) is 15.8. The van der Waals surface area contributed by atoms with Crippen LogP contribution in [-0.2, 0) is 11.0 Å². The maximum atomic E-state index is 13.6. The Labute approximate surface area is 163 Å². The largest absolute Gasteiger partial charge is 0.497 e. The normalized spacial score (nSPS) is 11.3. The molecule has 1 aromatic carbocycles. The van der Waals surface area contributed by atoms with Crippen molar-refractivity contribution in [1.82, 2.24) is 9.97 Å². The van der Waals surface area contributed by atoms with Crippen LogP contribution in [0.1, 0.15) is 18.9 Å². The summed E-state index contributed by atoms with van der Waals surface area (Å²) >= 11 is 1.18. The van der Waals surface area contributed by atoms with Crippen molar-refractivity contribution in [2.75, 3.05) is 12.4 Å². The Morgan fingerprint density at radius 1 is 1.18 bits per heavy atom. The summed E-state index contributed by atoms with van der Waals surface area (Å²) in [6.07, 6.45) is 0.142. The molecule has 0 aliphatic carbocycles. The van der Waals surface area contributed by atoms with Gasteiger partial charge in [0.1, 0.15) is 5.75 Å². The second-order valence-electron chi connectivity index (χ2n) is 5.76. The van der Waals surface area contributed by atoms with Crippen LogP contribution in [0.3, 0.4) is 0 Å². The first-order valence-corrected chi connectivity index (χ1v) is 9.10. The number of halogens is 3. The summed E-state index contributed by atoms with van der Waals surface area (Å²) in [4.78, 5) is 20.3. The highest BCUT2D eigenvalue weighted by Gasteiger charge is 2.35. The monoisotopic (exact) mass is 407 g/mol. The predicted molar refractivity (Wildman–Crippen MR) is 101 cm³/mol. The number of nitrogens with one attached hydrogen (secondary N) is 1. The van der Waals surface area contributed by atoms with Gasteiger partial charge in [-0.05, 0) is 23.8 Å². The standard InChI is InChI=1S/C19H16F3N3O2S/c1-3-17(26)25-18-24-10-16(28-18)13-6-7-23-9-14(13)12-5-4-11(27-2)8-15(12)19(20,21)22/h4-10H,3H2,1-2H3,(H,24,25,26). The Kier molecular flexibility index (Phi) is 5.64. The van der Waals surface area contributed by atoms with Gasteiger partial charge in [-0.15, -0.1) is 0 Å². The number of benzene rings is 1. The number of anilines is 1. The van der Waals surface area contributed by atoms with E-state index in [0.717, 1.165) is 6.07 Å². The van der Waals surface area contributed by atoms with Crippen LogP contribution in [0.5, 0.6) is 5.75 Å². The third kappa shape index (κ3) is 4.14. The molecule has 9 heteroatoms. The summed E-state index contributed by atoms with van der Waals surface area (Å²) in [7, 11) is 1.31. The Bertz CT molecular complexity index is 1000. The zero-order chi connectivity index (χ0) is 20.3. The van der Waals surface area contributed by atoms with E-state index >= 15 is 0 Å². The van der Waals surface area contributed by atoms with Gasteiger partial charge in [-0.1, -0.05) is 24.3 Å². The van der Waals surface area contributed by atoms with Crippen LogP contribution in [0.4, 0.5) is 18.3 Å². The Hall–Kier alpha value is -2.94. The van der Waals surface area contributed by atoms with E-state index in [0.29, 0.717) is 27.6 Å². The number of aromatic nitrogens is 2. The van der Waals surface area contributed by atoms with Crippen LogP contribution < -0.4 is 10.1 Å². The minimum Gasteiger partial charge on any atom is -0.497 e. The van der Waals surface area contributed by atoms with Gasteiger partial charge in [0.15, 0.2) is 5.13 Å². The number of pyridine rings is 1. The predicted octanol–water partition coefficient (Wildman–Crippen LogP) is 5.25. The molecule has 0 aliphatic heterocycles. The van der Waals surface area contributed by atoms with Gasteiger partial charge in [0.25, 0.3) is 0 Å². The molecule has 3 aromatic rings. The quantitative estimate of drug-likeness (QED) is 0.628. The molecule has 3 rings (SSSR count). The summed E-state index contributed by atoms with van der Waals surface area (Å²) in [5, 5.41) is 3.03. The van der Waals surface area contributed by atoms with E-state index in [4.69, 9.17) is 4.74 Å². The molecule has 1 amide bonds. The van der Waals surface area contributed by atoms with Gasteiger partial charge < -0.3 is 10.1 Å². The second-order valence-corrected chi connectivity index (χ2v) is 6.79. The summed E-state index contributed by atoms with van der Waals surface area (Å²) in [6, 6.07) is 5.42. The van der Waals surface area contributed by atoms with Crippen molar-refractivity contribution in [3.8, 4) is 27.3 Å². The molecule has 0 saturated heterocycles. The molecule has 0 saturated carbocycles. The van der Waals surface area contributed by atoms with Crippen molar-refractivity contribution in [3.05, 3.63) is 48.4 Å². The molecule has 0 aliphatic rings. The second kappa shape index (κ2) is 7.97. The summed E-state index contributed by atoms with van der Waals surface area (Å²) in [6.45, 7) is 1.72. The fourth-order valence-corrected chi connectivity index (χ4v) is 3.48. The molecule has 0 radical (unpaired) electrons. The zero-order valence-electron chi connectivity index (χ0n) is 15.0. The highest BCUT2D eigenvalue weighted by molar-refractivity contribution is 7.19. The van der Waals surface area contributed by atoms with Crippen molar-refractivity contribution < 1.29 is 22.7 Å². The molecule has 0 unspecified atom stereocenters. The molecule has 2 heterocycles. The van der Waals surface area contributed by atoms with E-state index in [2.05, 4.69) is 15.3 Å². The maximum absolute atomic E-state index is 13.6. The lowest BCUT2D eigenvalue weighted by Crippen LogP contribution is -2.08. The lowest BCUT2D eigenvalue weighted by Gasteiger charge is -2.16. The van der Waals surface area contributed by atoms with Crippen molar-refractivity contribution in [3.63, 3.8) is 0 Å². The molecule has 28 heavy (non-hydrogen) atoms. The minimum absolute atomic E-state index is 0.0102. The van der Waals surface area contributed by atoms with E-state index < -0.39 is 11.7 Å². The molecule has 1 N–H and O–H groups in total. The van der Waals surface area contributed by atoms with Crippen molar-refractivity contribution in [2.24, 2.45) is 0 Å².